The Bertz CT molecular complexity index is 200. The molecule has 2 unspecified atom stereocenters. The Morgan fingerprint density at radius 2 is 2.19 bits per heavy atom. The maximum atomic E-state index is 5.47. The van der Waals surface area contributed by atoms with E-state index in [0.717, 1.165) is 19.8 Å². The Hall–Kier alpha value is -0.120. The van der Waals surface area contributed by atoms with Crippen LogP contribution in [0.25, 0.3) is 0 Å². The van der Waals surface area contributed by atoms with Gasteiger partial charge in [0.25, 0.3) is 0 Å². The second-order valence-electron chi connectivity index (χ2n) is 5.57. The Balaban J connectivity index is 2.49. The molecular formula is C13H28N2O. The first-order valence-corrected chi connectivity index (χ1v) is 6.47. The SMILES string of the molecule is CCC(C)(C)N(C)CC(NC)C1CCOC1. The third kappa shape index (κ3) is 3.44. The number of rotatable bonds is 6. The highest BCUT2D eigenvalue weighted by molar-refractivity contribution is 4.85. The molecule has 1 rings (SSSR count). The maximum absolute atomic E-state index is 5.47. The molecule has 0 amide bonds. The summed E-state index contributed by atoms with van der Waals surface area (Å²) in [6.45, 7) is 9.83. The van der Waals surface area contributed by atoms with Crippen molar-refractivity contribution in [2.24, 2.45) is 5.92 Å². The van der Waals surface area contributed by atoms with E-state index in [9.17, 15) is 0 Å². The first-order chi connectivity index (χ1) is 7.51. The third-order valence-electron chi connectivity index (χ3n) is 4.27. The minimum atomic E-state index is 0.286. The van der Waals surface area contributed by atoms with Crippen LogP contribution in [0.1, 0.15) is 33.6 Å². The molecule has 1 aliphatic rings. The van der Waals surface area contributed by atoms with Crippen molar-refractivity contribution in [1.82, 2.24) is 10.2 Å². The van der Waals surface area contributed by atoms with E-state index in [1.54, 1.807) is 0 Å². The fraction of sp³-hybridized carbons (Fsp3) is 1.00. The number of ether oxygens (including phenoxy) is 1. The molecule has 0 radical (unpaired) electrons. The van der Waals surface area contributed by atoms with Crippen LogP contribution in [0.4, 0.5) is 0 Å². The summed E-state index contributed by atoms with van der Waals surface area (Å²) in [7, 11) is 4.29. The standard InChI is InChI=1S/C13H28N2O/c1-6-13(2,3)15(5)9-12(14-4)11-7-8-16-10-11/h11-12,14H,6-10H2,1-5H3. The van der Waals surface area contributed by atoms with Crippen molar-refractivity contribution in [2.45, 2.75) is 45.2 Å². The number of likely N-dealkylation sites (N-methyl/N-ethyl adjacent to an activating group) is 2. The number of nitrogens with zero attached hydrogens (tertiary/aromatic N) is 1. The molecule has 3 heteroatoms. The van der Waals surface area contributed by atoms with Crippen molar-refractivity contribution in [1.29, 1.82) is 0 Å². The summed E-state index contributed by atoms with van der Waals surface area (Å²) in [6.07, 6.45) is 2.38. The Morgan fingerprint density at radius 3 is 2.62 bits per heavy atom. The van der Waals surface area contributed by atoms with E-state index < -0.39 is 0 Å². The van der Waals surface area contributed by atoms with Crippen molar-refractivity contribution in [2.75, 3.05) is 33.9 Å². The van der Waals surface area contributed by atoms with Gasteiger partial charge >= 0.3 is 0 Å². The van der Waals surface area contributed by atoms with Gasteiger partial charge in [-0.15, -0.1) is 0 Å². The van der Waals surface area contributed by atoms with E-state index >= 15 is 0 Å². The molecule has 1 heterocycles. The van der Waals surface area contributed by atoms with E-state index in [0.29, 0.717) is 12.0 Å². The lowest BCUT2D eigenvalue weighted by atomic mass is 9.95. The summed E-state index contributed by atoms with van der Waals surface area (Å²) in [5.74, 6) is 0.681. The molecule has 0 bridgehead atoms. The predicted octanol–water partition coefficient (Wildman–Crippen LogP) is 1.73. The summed E-state index contributed by atoms with van der Waals surface area (Å²) in [4.78, 5) is 2.46. The summed E-state index contributed by atoms with van der Waals surface area (Å²) in [6, 6.07) is 0.554. The van der Waals surface area contributed by atoms with E-state index in [-0.39, 0.29) is 5.54 Å². The second-order valence-corrected chi connectivity index (χ2v) is 5.57. The van der Waals surface area contributed by atoms with Crippen LogP contribution in [0.3, 0.4) is 0 Å². The molecule has 1 saturated heterocycles. The lowest BCUT2D eigenvalue weighted by molar-refractivity contribution is 0.116. The Morgan fingerprint density at radius 1 is 1.50 bits per heavy atom. The molecule has 3 nitrogen and oxygen atoms in total. The van der Waals surface area contributed by atoms with Crippen molar-refractivity contribution in [3.8, 4) is 0 Å². The molecule has 96 valence electrons. The topological polar surface area (TPSA) is 24.5 Å². The van der Waals surface area contributed by atoms with Crippen LogP contribution in [-0.4, -0.2) is 50.3 Å². The highest BCUT2D eigenvalue weighted by Crippen LogP contribution is 2.21. The number of hydrogen-bond donors (Lipinski definition) is 1. The average molecular weight is 228 g/mol. The normalized spacial score (nSPS) is 24.0. The van der Waals surface area contributed by atoms with Gasteiger partial charge in [0.2, 0.25) is 0 Å². The van der Waals surface area contributed by atoms with Gasteiger partial charge in [-0.3, -0.25) is 4.90 Å². The van der Waals surface area contributed by atoms with Crippen LogP contribution in [0, 0.1) is 5.92 Å². The Kier molecular flexibility index (Phi) is 5.22. The first-order valence-electron chi connectivity index (χ1n) is 6.47. The molecule has 2 atom stereocenters. The van der Waals surface area contributed by atoms with Gasteiger partial charge in [0.15, 0.2) is 0 Å². The molecule has 0 saturated carbocycles. The molecule has 0 aromatic rings. The van der Waals surface area contributed by atoms with Crippen molar-refractivity contribution < 1.29 is 4.74 Å². The zero-order valence-electron chi connectivity index (χ0n) is 11.5. The van der Waals surface area contributed by atoms with Gasteiger partial charge in [-0.25, -0.2) is 0 Å². The molecule has 1 aliphatic heterocycles. The van der Waals surface area contributed by atoms with Crippen LogP contribution in [0.15, 0.2) is 0 Å². The van der Waals surface area contributed by atoms with E-state index in [1.807, 2.05) is 0 Å². The third-order valence-corrected chi connectivity index (χ3v) is 4.27. The lowest BCUT2D eigenvalue weighted by Crippen LogP contribution is -2.50. The van der Waals surface area contributed by atoms with Crippen molar-refractivity contribution in [3.63, 3.8) is 0 Å². The van der Waals surface area contributed by atoms with Gasteiger partial charge in [-0.05, 0) is 40.8 Å². The Labute approximate surface area is 101 Å². The number of hydrogen-bond acceptors (Lipinski definition) is 3. The largest absolute Gasteiger partial charge is 0.381 e. The van der Waals surface area contributed by atoms with Gasteiger partial charge in [0.1, 0.15) is 0 Å². The van der Waals surface area contributed by atoms with Gasteiger partial charge in [0, 0.05) is 30.7 Å². The zero-order chi connectivity index (χ0) is 12.2. The monoisotopic (exact) mass is 228 g/mol. The van der Waals surface area contributed by atoms with Crippen LogP contribution in [0.5, 0.6) is 0 Å². The molecule has 16 heavy (non-hydrogen) atoms. The van der Waals surface area contributed by atoms with Gasteiger partial charge in [-0.1, -0.05) is 6.92 Å². The van der Waals surface area contributed by atoms with Crippen LogP contribution in [0.2, 0.25) is 0 Å². The molecule has 0 aromatic heterocycles. The summed E-state index contributed by atoms with van der Waals surface area (Å²) in [5, 5.41) is 3.45. The van der Waals surface area contributed by atoms with E-state index in [1.165, 1.54) is 12.8 Å². The second kappa shape index (κ2) is 5.99. The average Bonchev–Trinajstić information content (AvgIpc) is 2.78. The van der Waals surface area contributed by atoms with E-state index in [2.05, 4.69) is 45.1 Å². The summed E-state index contributed by atoms with van der Waals surface area (Å²) < 4.78 is 5.47. The van der Waals surface area contributed by atoms with Gasteiger partial charge < -0.3 is 10.1 Å². The first kappa shape index (κ1) is 13.9. The van der Waals surface area contributed by atoms with Crippen molar-refractivity contribution in [3.05, 3.63) is 0 Å². The minimum absolute atomic E-state index is 0.286. The number of nitrogens with one attached hydrogen (secondary N) is 1. The van der Waals surface area contributed by atoms with E-state index in [4.69, 9.17) is 4.74 Å². The van der Waals surface area contributed by atoms with Gasteiger partial charge in [-0.2, -0.15) is 0 Å². The smallest absolute Gasteiger partial charge is 0.0510 e. The molecule has 1 fully saturated rings. The van der Waals surface area contributed by atoms with Crippen molar-refractivity contribution >= 4 is 0 Å². The van der Waals surface area contributed by atoms with Crippen LogP contribution < -0.4 is 5.32 Å². The quantitative estimate of drug-likeness (QED) is 0.749. The minimum Gasteiger partial charge on any atom is -0.381 e. The molecular weight excluding hydrogens is 200 g/mol. The molecule has 1 N–H and O–H groups in total. The summed E-state index contributed by atoms with van der Waals surface area (Å²) in [5.41, 5.74) is 0.286. The zero-order valence-corrected chi connectivity index (χ0v) is 11.5. The fourth-order valence-electron chi connectivity index (χ4n) is 2.16. The van der Waals surface area contributed by atoms with Crippen LogP contribution >= 0.6 is 0 Å². The van der Waals surface area contributed by atoms with Crippen LogP contribution in [-0.2, 0) is 4.74 Å². The van der Waals surface area contributed by atoms with Gasteiger partial charge in [0.05, 0.1) is 6.61 Å². The fourth-order valence-corrected chi connectivity index (χ4v) is 2.16. The molecule has 0 aromatic carbocycles. The molecule has 0 spiro atoms. The maximum Gasteiger partial charge on any atom is 0.0510 e. The molecule has 0 aliphatic carbocycles. The highest BCUT2D eigenvalue weighted by Gasteiger charge is 2.29. The summed E-state index contributed by atoms with van der Waals surface area (Å²) >= 11 is 0. The highest BCUT2D eigenvalue weighted by atomic mass is 16.5. The predicted molar refractivity (Wildman–Crippen MR) is 68.8 cm³/mol. The lowest BCUT2D eigenvalue weighted by Gasteiger charge is -2.38.